The minimum absolute atomic E-state index is 0.114. The van der Waals surface area contributed by atoms with Crippen molar-refractivity contribution in [2.24, 2.45) is 0 Å². The number of carbonyl (C=O) groups is 2. The number of hydrogen-bond acceptors (Lipinski definition) is 4. The summed E-state index contributed by atoms with van der Waals surface area (Å²) in [5, 5.41) is 4.97. The number of nitrogens with one attached hydrogen (secondary N) is 2. The highest BCUT2D eigenvalue weighted by atomic mass is 32.2. The predicted octanol–water partition coefficient (Wildman–Crippen LogP) is 1.19. The first-order chi connectivity index (χ1) is 11.8. The fraction of sp³-hybridized carbons (Fsp3) is 0.176. The van der Waals surface area contributed by atoms with Crippen LogP contribution in [0.1, 0.15) is 5.56 Å². The van der Waals surface area contributed by atoms with Gasteiger partial charge in [0, 0.05) is 26.3 Å². The number of amides is 2. The number of para-hydroxylation sites is 1. The van der Waals surface area contributed by atoms with Crippen LogP contribution in [0.5, 0.6) is 0 Å². The molecule has 2 aromatic rings. The summed E-state index contributed by atoms with van der Waals surface area (Å²) in [7, 11) is -0.585. The topological polar surface area (TPSA) is 95.6 Å². The molecule has 0 heterocycles. The van der Waals surface area contributed by atoms with Crippen molar-refractivity contribution >= 4 is 27.5 Å². The number of benzene rings is 2. The third-order valence-corrected chi connectivity index (χ3v) is 5.22. The zero-order valence-electron chi connectivity index (χ0n) is 13.9. The molecule has 0 atom stereocenters. The van der Waals surface area contributed by atoms with Gasteiger partial charge in [0.1, 0.15) is 0 Å². The molecule has 2 amide bonds. The smallest absolute Gasteiger partial charge is 0.313 e. The molecule has 0 saturated carbocycles. The average Bonchev–Trinajstić information content (AvgIpc) is 2.60. The largest absolute Gasteiger partial charge is 0.344 e. The van der Waals surface area contributed by atoms with Crippen molar-refractivity contribution in [3.63, 3.8) is 0 Å². The van der Waals surface area contributed by atoms with Crippen LogP contribution in [0.2, 0.25) is 0 Å². The molecule has 2 rings (SSSR count). The van der Waals surface area contributed by atoms with Gasteiger partial charge in [-0.15, -0.1) is 0 Å². The molecule has 0 fully saturated rings. The van der Waals surface area contributed by atoms with E-state index in [-0.39, 0.29) is 11.4 Å². The Labute approximate surface area is 146 Å². The second kappa shape index (κ2) is 7.91. The maximum atomic E-state index is 12.0. The number of sulfonamides is 1. The summed E-state index contributed by atoms with van der Waals surface area (Å²) in [5.74, 6) is -1.54. The molecule has 0 spiro atoms. The Bertz CT molecular complexity index is 847. The van der Waals surface area contributed by atoms with Crippen LogP contribution >= 0.6 is 0 Å². The minimum Gasteiger partial charge on any atom is -0.344 e. The molecule has 8 heteroatoms. The Kier molecular flexibility index (Phi) is 5.89. The van der Waals surface area contributed by atoms with E-state index in [2.05, 4.69) is 10.6 Å². The van der Waals surface area contributed by atoms with Gasteiger partial charge in [-0.2, -0.15) is 0 Å². The van der Waals surface area contributed by atoms with Crippen molar-refractivity contribution in [1.82, 2.24) is 9.62 Å². The van der Waals surface area contributed by atoms with Crippen LogP contribution in [-0.4, -0.2) is 38.6 Å². The van der Waals surface area contributed by atoms with Gasteiger partial charge in [0.15, 0.2) is 0 Å². The summed E-state index contributed by atoms with van der Waals surface area (Å²) >= 11 is 0. The van der Waals surface area contributed by atoms with Gasteiger partial charge in [0.25, 0.3) is 0 Å². The van der Waals surface area contributed by atoms with Gasteiger partial charge in [0.2, 0.25) is 10.0 Å². The SMILES string of the molecule is CN(C)S(=O)(=O)c1ccc(CNC(=O)C(=O)Nc2ccccc2)cc1. The molecule has 7 nitrogen and oxygen atoms in total. The fourth-order valence-corrected chi connectivity index (χ4v) is 2.86. The molecule has 0 aliphatic carbocycles. The molecule has 0 radical (unpaired) electrons. The van der Waals surface area contributed by atoms with Crippen LogP contribution in [0.25, 0.3) is 0 Å². The molecular formula is C17H19N3O4S. The molecule has 2 N–H and O–H groups in total. The van der Waals surface area contributed by atoms with E-state index in [1.165, 1.54) is 26.2 Å². The lowest BCUT2D eigenvalue weighted by atomic mass is 10.2. The van der Waals surface area contributed by atoms with Crippen molar-refractivity contribution < 1.29 is 18.0 Å². The lowest BCUT2D eigenvalue weighted by Crippen LogP contribution is -2.34. The van der Waals surface area contributed by atoms with E-state index in [4.69, 9.17) is 0 Å². The van der Waals surface area contributed by atoms with Crippen LogP contribution in [0.3, 0.4) is 0 Å². The fourth-order valence-electron chi connectivity index (χ4n) is 1.96. The Morgan fingerprint density at radius 2 is 1.52 bits per heavy atom. The van der Waals surface area contributed by atoms with Crippen molar-refractivity contribution in [2.75, 3.05) is 19.4 Å². The van der Waals surface area contributed by atoms with Gasteiger partial charge in [0.05, 0.1) is 4.90 Å². The molecule has 2 aromatic carbocycles. The standard InChI is InChI=1S/C17H19N3O4S/c1-20(2)25(23,24)15-10-8-13(9-11-15)12-18-16(21)17(22)19-14-6-4-3-5-7-14/h3-11H,12H2,1-2H3,(H,18,21)(H,19,22). The molecule has 0 unspecified atom stereocenters. The van der Waals surface area contributed by atoms with Crippen LogP contribution in [-0.2, 0) is 26.2 Å². The first kappa shape index (κ1) is 18.6. The highest BCUT2D eigenvalue weighted by Crippen LogP contribution is 2.14. The second-order valence-corrected chi connectivity index (χ2v) is 7.59. The average molecular weight is 361 g/mol. The monoisotopic (exact) mass is 361 g/mol. The second-order valence-electron chi connectivity index (χ2n) is 5.43. The summed E-state index contributed by atoms with van der Waals surface area (Å²) < 4.78 is 25.1. The number of rotatable bonds is 5. The lowest BCUT2D eigenvalue weighted by molar-refractivity contribution is -0.136. The molecule has 0 bridgehead atoms. The Morgan fingerprint density at radius 1 is 0.920 bits per heavy atom. The van der Waals surface area contributed by atoms with Gasteiger partial charge >= 0.3 is 11.8 Å². The Hall–Kier alpha value is -2.71. The van der Waals surface area contributed by atoms with E-state index < -0.39 is 21.8 Å². The van der Waals surface area contributed by atoms with E-state index >= 15 is 0 Å². The highest BCUT2D eigenvalue weighted by Gasteiger charge is 2.17. The maximum Gasteiger partial charge on any atom is 0.313 e. The minimum atomic E-state index is -3.49. The van der Waals surface area contributed by atoms with Crippen LogP contribution < -0.4 is 10.6 Å². The number of anilines is 1. The quantitative estimate of drug-likeness (QED) is 0.782. The summed E-state index contributed by atoms with van der Waals surface area (Å²) in [6.45, 7) is 0.114. The van der Waals surface area contributed by atoms with Crippen molar-refractivity contribution in [3.8, 4) is 0 Å². The van der Waals surface area contributed by atoms with Gasteiger partial charge in [-0.25, -0.2) is 12.7 Å². The molecule has 25 heavy (non-hydrogen) atoms. The molecule has 0 aliphatic rings. The first-order valence-electron chi connectivity index (χ1n) is 7.46. The van der Waals surface area contributed by atoms with Gasteiger partial charge in [-0.05, 0) is 29.8 Å². The van der Waals surface area contributed by atoms with E-state index in [0.717, 1.165) is 4.31 Å². The summed E-state index contributed by atoms with van der Waals surface area (Å²) in [6.07, 6.45) is 0. The van der Waals surface area contributed by atoms with E-state index in [9.17, 15) is 18.0 Å². The maximum absolute atomic E-state index is 12.0. The van der Waals surface area contributed by atoms with Crippen molar-refractivity contribution in [1.29, 1.82) is 0 Å². The van der Waals surface area contributed by atoms with Crippen LogP contribution in [0.15, 0.2) is 59.5 Å². The molecule has 132 valence electrons. The zero-order chi connectivity index (χ0) is 18.4. The van der Waals surface area contributed by atoms with Gasteiger partial charge < -0.3 is 10.6 Å². The van der Waals surface area contributed by atoms with E-state index in [1.54, 1.807) is 42.5 Å². The number of nitrogens with zero attached hydrogens (tertiary/aromatic N) is 1. The third-order valence-electron chi connectivity index (χ3n) is 3.39. The number of hydrogen-bond donors (Lipinski definition) is 2. The van der Waals surface area contributed by atoms with Gasteiger partial charge in [-0.1, -0.05) is 30.3 Å². The first-order valence-corrected chi connectivity index (χ1v) is 8.90. The van der Waals surface area contributed by atoms with Crippen molar-refractivity contribution in [2.45, 2.75) is 11.4 Å². The Morgan fingerprint density at radius 3 is 2.08 bits per heavy atom. The Balaban J connectivity index is 1.93. The molecule has 0 saturated heterocycles. The lowest BCUT2D eigenvalue weighted by Gasteiger charge is -2.12. The van der Waals surface area contributed by atoms with Gasteiger partial charge in [-0.3, -0.25) is 9.59 Å². The summed E-state index contributed by atoms with van der Waals surface area (Å²) in [5.41, 5.74) is 1.21. The molecule has 0 aromatic heterocycles. The third kappa shape index (κ3) is 4.88. The van der Waals surface area contributed by atoms with E-state index in [1.807, 2.05) is 0 Å². The van der Waals surface area contributed by atoms with Crippen LogP contribution in [0.4, 0.5) is 5.69 Å². The molecular weight excluding hydrogens is 342 g/mol. The zero-order valence-corrected chi connectivity index (χ0v) is 14.7. The van der Waals surface area contributed by atoms with Crippen molar-refractivity contribution in [3.05, 3.63) is 60.2 Å². The van der Waals surface area contributed by atoms with Crippen LogP contribution in [0, 0.1) is 0 Å². The van der Waals surface area contributed by atoms with E-state index in [0.29, 0.717) is 11.3 Å². The normalized spacial score (nSPS) is 11.2. The molecule has 0 aliphatic heterocycles. The summed E-state index contributed by atoms with van der Waals surface area (Å²) in [6, 6.07) is 14.7. The predicted molar refractivity (Wildman–Crippen MR) is 94.2 cm³/mol. The summed E-state index contributed by atoms with van der Waals surface area (Å²) in [4.78, 5) is 23.8. The highest BCUT2D eigenvalue weighted by molar-refractivity contribution is 7.89. The number of carbonyl (C=O) groups excluding carboxylic acids is 2.